The van der Waals surface area contributed by atoms with Crippen molar-refractivity contribution in [2.24, 2.45) is 0 Å². The third-order valence-corrected chi connectivity index (χ3v) is 6.17. The lowest BCUT2D eigenvalue weighted by atomic mass is 10.0. The number of rotatable bonds is 5. The van der Waals surface area contributed by atoms with E-state index in [0.717, 1.165) is 18.4 Å². The van der Waals surface area contributed by atoms with Crippen molar-refractivity contribution in [2.45, 2.75) is 23.8 Å². The molecule has 1 heterocycles. The molecule has 1 amide bonds. The van der Waals surface area contributed by atoms with Crippen LogP contribution in [0, 0.1) is 5.82 Å². The Labute approximate surface area is 158 Å². The van der Waals surface area contributed by atoms with Crippen LogP contribution in [0.15, 0.2) is 47.4 Å². The highest BCUT2D eigenvalue weighted by molar-refractivity contribution is 7.89. The van der Waals surface area contributed by atoms with Gasteiger partial charge in [-0.1, -0.05) is 12.1 Å². The number of amides is 1. The maximum atomic E-state index is 13.2. The van der Waals surface area contributed by atoms with Crippen molar-refractivity contribution < 1.29 is 22.3 Å². The predicted molar refractivity (Wildman–Crippen MR) is 98.7 cm³/mol. The summed E-state index contributed by atoms with van der Waals surface area (Å²) in [7, 11) is -1.11. The Morgan fingerprint density at radius 1 is 1.22 bits per heavy atom. The standard InChI is InChI=1S/C19H21FN2O4S/c1-21-27(24,25)18-12-14(7-10-17(18)26-2)19(23)22-11-3-4-16(22)13-5-8-15(20)9-6-13/h5-10,12,16,21H,3-4,11H2,1-2H3. The first kappa shape index (κ1) is 19.3. The summed E-state index contributed by atoms with van der Waals surface area (Å²) in [6.07, 6.45) is 1.60. The van der Waals surface area contributed by atoms with E-state index in [4.69, 9.17) is 4.74 Å². The maximum absolute atomic E-state index is 13.2. The van der Waals surface area contributed by atoms with E-state index in [1.807, 2.05) is 0 Å². The van der Waals surface area contributed by atoms with Crippen LogP contribution in [0.4, 0.5) is 4.39 Å². The van der Waals surface area contributed by atoms with Gasteiger partial charge in [-0.25, -0.2) is 17.5 Å². The molecule has 2 aromatic carbocycles. The summed E-state index contributed by atoms with van der Waals surface area (Å²) < 4.78 is 45.0. The van der Waals surface area contributed by atoms with Crippen LogP contribution in [0.1, 0.15) is 34.8 Å². The average Bonchev–Trinajstić information content (AvgIpc) is 3.17. The molecule has 0 bridgehead atoms. The lowest BCUT2D eigenvalue weighted by Crippen LogP contribution is -2.31. The van der Waals surface area contributed by atoms with Crippen molar-refractivity contribution in [1.82, 2.24) is 9.62 Å². The van der Waals surface area contributed by atoms with Crippen LogP contribution < -0.4 is 9.46 Å². The van der Waals surface area contributed by atoms with Crippen molar-refractivity contribution >= 4 is 15.9 Å². The van der Waals surface area contributed by atoms with Gasteiger partial charge in [0.15, 0.2) is 0 Å². The fourth-order valence-electron chi connectivity index (χ4n) is 3.34. The van der Waals surface area contributed by atoms with Gasteiger partial charge in [-0.15, -0.1) is 0 Å². The van der Waals surface area contributed by atoms with E-state index in [1.165, 1.54) is 38.4 Å². The molecule has 6 nitrogen and oxygen atoms in total. The zero-order chi connectivity index (χ0) is 19.6. The zero-order valence-corrected chi connectivity index (χ0v) is 15.9. The van der Waals surface area contributed by atoms with E-state index in [1.54, 1.807) is 23.1 Å². The van der Waals surface area contributed by atoms with Crippen molar-refractivity contribution in [3.05, 3.63) is 59.4 Å². The van der Waals surface area contributed by atoms with Gasteiger partial charge in [-0.2, -0.15) is 0 Å². The Bertz CT molecular complexity index is 945. The molecule has 0 saturated carbocycles. The highest BCUT2D eigenvalue weighted by Gasteiger charge is 2.31. The number of nitrogens with zero attached hydrogens (tertiary/aromatic N) is 1. The van der Waals surface area contributed by atoms with E-state index < -0.39 is 10.0 Å². The van der Waals surface area contributed by atoms with Crippen molar-refractivity contribution in [1.29, 1.82) is 0 Å². The fourth-order valence-corrected chi connectivity index (χ4v) is 4.26. The van der Waals surface area contributed by atoms with Gasteiger partial charge >= 0.3 is 0 Å². The molecule has 0 aromatic heterocycles. The molecule has 1 atom stereocenters. The Hall–Kier alpha value is -2.45. The van der Waals surface area contributed by atoms with E-state index in [9.17, 15) is 17.6 Å². The summed E-state index contributed by atoms with van der Waals surface area (Å²) in [4.78, 5) is 14.7. The van der Waals surface area contributed by atoms with Crippen LogP contribution in [-0.4, -0.2) is 39.9 Å². The van der Waals surface area contributed by atoms with E-state index >= 15 is 0 Å². The second-order valence-electron chi connectivity index (χ2n) is 6.28. The number of carbonyl (C=O) groups excluding carboxylic acids is 1. The number of methoxy groups -OCH3 is 1. The molecule has 1 aliphatic heterocycles. The first-order valence-electron chi connectivity index (χ1n) is 8.55. The van der Waals surface area contributed by atoms with Crippen LogP contribution in [0.5, 0.6) is 5.75 Å². The molecule has 1 unspecified atom stereocenters. The summed E-state index contributed by atoms with van der Waals surface area (Å²) in [5.74, 6) is -0.430. The first-order valence-corrected chi connectivity index (χ1v) is 10.0. The van der Waals surface area contributed by atoms with Gasteiger partial charge in [-0.3, -0.25) is 4.79 Å². The van der Waals surface area contributed by atoms with Crippen molar-refractivity contribution in [3.63, 3.8) is 0 Å². The fraction of sp³-hybridized carbons (Fsp3) is 0.316. The van der Waals surface area contributed by atoms with Gasteiger partial charge in [0.2, 0.25) is 10.0 Å². The number of nitrogens with one attached hydrogen (secondary N) is 1. The van der Waals surface area contributed by atoms with Crippen LogP contribution in [0.3, 0.4) is 0 Å². The molecule has 1 saturated heterocycles. The maximum Gasteiger partial charge on any atom is 0.254 e. The lowest BCUT2D eigenvalue weighted by molar-refractivity contribution is 0.0735. The van der Waals surface area contributed by atoms with Crippen molar-refractivity contribution in [2.75, 3.05) is 20.7 Å². The molecule has 1 fully saturated rings. The number of hydrogen-bond acceptors (Lipinski definition) is 4. The Balaban J connectivity index is 1.95. The second-order valence-corrected chi connectivity index (χ2v) is 8.14. The minimum absolute atomic E-state index is 0.0871. The minimum Gasteiger partial charge on any atom is -0.495 e. The Kier molecular flexibility index (Phi) is 5.48. The molecule has 2 aromatic rings. The molecule has 0 spiro atoms. The molecule has 3 rings (SSSR count). The van der Waals surface area contributed by atoms with Crippen LogP contribution in [-0.2, 0) is 10.0 Å². The van der Waals surface area contributed by atoms with Gasteiger partial charge in [0.25, 0.3) is 5.91 Å². The third kappa shape index (κ3) is 3.81. The second kappa shape index (κ2) is 7.66. The zero-order valence-electron chi connectivity index (χ0n) is 15.1. The van der Waals surface area contributed by atoms with Crippen molar-refractivity contribution in [3.8, 4) is 5.75 Å². The Morgan fingerprint density at radius 3 is 2.56 bits per heavy atom. The summed E-state index contributed by atoms with van der Waals surface area (Å²) >= 11 is 0. The molecular weight excluding hydrogens is 371 g/mol. The molecule has 144 valence electrons. The quantitative estimate of drug-likeness (QED) is 0.849. The van der Waals surface area contributed by atoms with Gasteiger partial charge in [0, 0.05) is 12.1 Å². The minimum atomic E-state index is -3.78. The number of hydrogen-bond donors (Lipinski definition) is 1. The topological polar surface area (TPSA) is 75.7 Å². The smallest absolute Gasteiger partial charge is 0.254 e. The number of halogens is 1. The van der Waals surface area contributed by atoms with Gasteiger partial charge in [0.05, 0.1) is 13.2 Å². The molecule has 1 aliphatic rings. The van der Waals surface area contributed by atoms with Gasteiger partial charge < -0.3 is 9.64 Å². The summed E-state index contributed by atoms with van der Waals surface area (Å²) in [6, 6.07) is 10.3. The van der Waals surface area contributed by atoms with Crippen LogP contribution in [0.2, 0.25) is 0 Å². The number of sulfonamides is 1. The lowest BCUT2D eigenvalue weighted by Gasteiger charge is -2.25. The highest BCUT2D eigenvalue weighted by Crippen LogP contribution is 2.34. The van der Waals surface area contributed by atoms with E-state index in [2.05, 4.69) is 4.72 Å². The third-order valence-electron chi connectivity index (χ3n) is 4.74. The summed E-state index contributed by atoms with van der Waals surface area (Å²) in [6.45, 7) is 0.557. The Morgan fingerprint density at radius 2 is 1.93 bits per heavy atom. The number of carbonyl (C=O) groups is 1. The normalized spacial score (nSPS) is 17.1. The average molecular weight is 392 g/mol. The highest BCUT2D eigenvalue weighted by atomic mass is 32.2. The first-order chi connectivity index (χ1) is 12.9. The molecule has 0 radical (unpaired) electrons. The van der Waals surface area contributed by atoms with Crippen LogP contribution in [0.25, 0.3) is 0 Å². The monoisotopic (exact) mass is 392 g/mol. The molecule has 0 aliphatic carbocycles. The SMILES string of the molecule is CNS(=O)(=O)c1cc(C(=O)N2CCCC2c2ccc(F)cc2)ccc1OC. The predicted octanol–water partition coefficient (Wildman–Crippen LogP) is 2.72. The largest absolute Gasteiger partial charge is 0.495 e. The number of benzene rings is 2. The molecule has 8 heteroatoms. The van der Waals surface area contributed by atoms with E-state index in [0.29, 0.717) is 6.54 Å². The van der Waals surface area contributed by atoms with Gasteiger partial charge in [0.1, 0.15) is 16.5 Å². The van der Waals surface area contributed by atoms with Crippen LogP contribution >= 0.6 is 0 Å². The number of likely N-dealkylation sites (tertiary alicyclic amines) is 1. The summed E-state index contributed by atoms with van der Waals surface area (Å²) in [5, 5.41) is 0. The molecule has 1 N–H and O–H groups in total. The molecular formula is C19H21FN2O4S. The van der Waals surface area contributed by atoms with Gasteiger partial charge in [-0.05, 0) is 55.8 Å². The number of ether oxygens (including phenoxy) is 1. The molecule has 27 heavy (non-hydrogen) atoms. The van der Waals surface area contributed by atoms with E-state index in [-0.39, 0.29) is 34.0 Å². The summed E-state index contributed by atoms with van der Waals surface area (Å²) in [5.41, 5.74) is 1.12.